The lowest BCUT2D eigenvalue weighted by Gasteiger charge is -2.27. The van der Waals surface area contributed by atoms with E-state index in [0.717, 1.165) is 76.1 Å². The molecule has 9 rings (SSSR count). The third kappa shape index (κ3) is 4.06. The quantitative estimate of drug-likeness (QED) is 0.283. The molecule has 3 N–H and O–H groups in total. The molecule has 3 unspecified atom stereocenters. The molecule has 2 aromatic heterocycles. The summed E-state index contributed by atoms with van der Waals surface area (Å²) in [6.45, 7) is 2.22. The minimum Gasteiger partial charge on any atom is -0.494 e. The SMILES string of the molecule is COc1cc(C(=O)N2CC3CCC2C3N)cc2nc(-c3cc4ccc(-c5ccc6c(c5)CNC6=O)cc4n3CC3CC3)n(C)c12. The van der Waals surface area contributed by atoms with Crippen molar-refractivity contribution in [2.75, 3.05) is 13.7 Å². The summed E-state index contributed by atoms with van der Waals surface area (Å²) in [6.07, 6.45) is 4.54. The number of carbonyl (C=O) groups is 2. The van der Waals surface area contributed by atoms with E-state index in [-0.39, 0.29) is 23.9 Å². The monoisotopic (exact) mass is 600 g/mol. The topological polar surface area (TPSA) is 107 Å². The first kappa shape index (κ1) is 26.7. The summed E-state index contributed by atoms with van der Waals surface area (Å²) in [4.78, 5) is 33.0. The molecule has 3 aromatic carbocycles. The molecule has 0 radical (unpaired) electrons. The number of nitrogens with two attached hydrogens (primary N) is 1. The average Bonchev–Trinajstić information content (AvgIpc) is 3.26. The third-order valence-corrected chi connectivity index (χ3v) is 10.7. The van der Waals surface area contributed by atoms with Gasteiger partial charge in [-0.1, -0.05) is 18.2 Å². The molecular formula is C36H36N6O3. The van der Waals surface area contributed by atoms with Gasteiger partial charge in [-0.25, -0.2) is 4.98 Å². The number of fused-ring (bicyclic) bond motifs is 5. The Morgan fingerprint density at radius 2 is 1.87 bits per heavy atom. The van der Waals surface area contributed by atoms with E-state index < -0.39 is 0 Å². The normalized spacial score (nSPS) is 22.1. The number of rotatable bonds is 6. The largest absolute Gasteiger partial charge is 0.494 e. The highest BCUT2D eigenvalue weighted by Crippen LogP contribution is 2.41. The van der Waals surface area contributed by atoms with E-state index in [1.807, 2.05) is 36.2 Å². The van der Waals surface area contributed by atoms with Crippen LogP contribution in [0.15, 0.2) is 54.6 Å². The summed E-state index contributed by atoms with van der Waals surface area (Å²) in [5.74, 6) is 2.53. The Morgan fingerprint density at radius 3 is 2.62 bits per heavy atom. The number of nitrogens with zero attached hydrogens (tertiary/aromatic N) is 4. The van der Waals surface area contributed by atoms with Gasteiger partial charge in [-0.15, -0.1) is 0 Å². The molecule has 3 atom stereocenters. The zero-order valence-corrected chi connectivity index (χ0v) is 25.5. The lowest BCUT2D eigenvalue weighted by Crippen LogP contribution is -2.41. The Bertz CT molecular complexity index is 2070. The molecule has 2 bridgehead atoms. The van der Waals surface area contributed by atoms with Crippen molar-refractivity contribution in [2.45, 2.75) is 50.9 Å². The van der Waals surface area contributed by atoms with E-state index in [4.69, 9.17) is 15.5 Å². The van der Waals surface area contributed by atoms with Crippen molar-refractivity contribution in [3.8, 4) is 28.4 Å². The number of ether oxygens (including phenoxy) is 1. The van der Waals surface area contributed by atoms with Crippen molar-refractivity contribution < 1.29 is 14.3 Å². The highest BCUT2D eigenvalue weighted by Gasteiger charge is 2.47. The predicted octanol–water partition coefficient (Wildman–Crippen LogP) is 5.09. The summed E-state index contributed by atoms with van der Waals surface area (Å²) < 4.78 is 10.4. The van der Waals surface area contributed by atoms with E-state index in [1.165, 1.54) is 18.4 Å². The number of hydrogen-bond donors (Lipinski definition) is 2. The number of benzene rings is 3. The van der Waals surface area contributed by atoms with Gasteiger partial charge in [0.15, 0.2) is 5.82 Å². The first-order valence-electron chi connectivity index (χ1n) is 16.0. The van der Waals surface area contributed by atoms with Gasteiger partial charge in [-0.2, -0.15) is 0 Å². The van der Waals surface area contributed by atoms with Crippen molar-refractivity contribution in [3.05, 3.63) is 71.3 Å². The molecule has 2 amide bonds. The minimum absolute atomic E-state index is 0.00206. The van der Waals surface area contributed by atoms with Crippen LogP contribution in [0.1, 0.15) is 52.0 Å². The number of aryl methyl sites for hydroxylation is 1. The Kier molecular flexibility index (Phi) is 5.75. The molecule has 3 fully saturated rings. The molecule has 45 heavy (non-hydrogen) atoms. The first-order chi connectivity index (χ1) is 21.9. The van der Waals surface area contributed by atoms with Crippen molar-refractivity contribution in [3.63, 3.8) is 0 Å². The third-order valence-electron chi connectivity index (χ3n) is 10.7. The van der Waals surface area contributed by atoms with Gasteiger partial charge in [0.05, 0.1) is 18.3 Å². The molecule has 9 heteroatoms. The zero-order valence-electron chi connectivity index (χ0n) is 25.5. The highest BCUT2D eigenvalue weighted by atomic mass is 16.5. The molecule has 0 spiro atoms. The second-order valence-corrected chi connectivity index (χ2v) is 13.4. The fraction of sp³-hybridized carbons (Fsp3) is 0.361. The van der Waals surface area contributed by atoms with Crippen LogP contribution in [0, 0.1) is 11.8 Å². The van der Waals surface area contributed by atoms with Crippen LogP contribution in [0.25, 0.3) is 44.6 Å². The van der Waals surface area contributed by atoms with Gasteiger partial charge in [-0.3, -0.25) is 9.59 Å². The Morgan fingerprint density at radius 1 is 1.04 bits per heavy atom. The van der Waals surface area contributed by atoms with Gasteiger partial charge in [0.2, 0.25) is 0 Å². The van der Waals surface area contributed by atoms with E-state index in [9.17, 15) is 9.59 Å². The van der Waals surface area contributed by atoms with Crippen LogP contribution >= 0.6 is 0 Å². The molecule has 2 saturated carbocycles. The smallest absolute Gasteiger partial charge is 0.254 e. The van der Waals surface area contributed by atoms with Crippen LogP contribution in [0.3, 0.4) is 0 Å². The number of methoxy groups -OCH3 is 1. The summed E-state index contributed by atoms with van der Waals surface area (Å²) in [6, 6.07) is 18.9. The van der Waals surface area contributed by atoms with Gasteiger partial charge < -0.3 is 29.8 Å². The zero-order chi connectivity index (χ0) is 30.6. The average molecular weight is 601 g/mol. The lowest BCUT2D eigenvalue weighted by atomic mass is 9.99. The van der Waals surface area contributed by atoms with Gasteiger partial charge in [0, 0.05) is 60.8 Å². The number of likely N-dealkylation sites (tertiary alicyclic amines) is 1. The maximum Gasteiger partial charge on any atom is 0.254 e. The fourth-order valence-corrected chi connectivity index (χ4v) is 8.05. The number of aromatic nitrogens is 3. The van der Waals surface area contributed by atoms with Crippen molar-refractivity contribution in [1.29, 1.82) is 0 Å². The van der Waals surface area contributed by atoms with Gasteiger partial charge >= 0.3 is 0 Å². The summed E-state index contributed by atoms with van der Waals surface area (Å²) in [5.41, 5.74) is 14.9. The Labute approximate surface area is 261 Å². The van der Waals surface area contributed by atoms with Crippen LogP contribution in [0.5, 0.6) is 5.75 Å². The lowest BCUT2D eigenvalue weighted by molar-refractivity contribution is 0.0700. The van der Waals surface area contributed by atoms with Crippen molar-refractivity contribution in [1.82, 2.24) is 24.3 Å². The van der Waals surface area contributed by atoms with Crippen LogP contribution in [-0.4, -0.2) is 56.6 Å². The first-order valence-corrected chi connectivity index (χ1v) is 16.0. The van der Waals surface area contributed by atoms with E-state index in [2.05, 4.69) is 44.8 Å². The number of amides is 2. The fourth-order valence-electron chi connectivity index (χ4n) is 8.05. The molecule has 2 aliphatic heterocycles. The van der Waals surface area contributed by atoms with Crippen LogP contribution in [-0.2, 0) is 20.1 Å². The number of piperidine rings is 1. The maximum absolute atomic E-state index is 13.7. The van der Waals surface area contributed by atoms with Gasteiger partial charge in [0.25, 0.3) is 11.8 Å². The molecule has 4 aliphatic rings. The molecule has 228 valence electrons. The number of imidazole rings is 1. The summed E-state index contributed by atoms with van der Waals surface area (Å²) in [7, 11) is 3.68. The van der Waals surface area contributed by atoms with E-state index in [1.54, 1.807) is 7.11 Å². The van der Waals surface area contributed by atoms with E-state index >= 15 is 0 Å². The Balaban J connectivity index is 1.15. The number of nitrogens with one attached hydrogen (secondary N) is 1. The van der Waals surface area contributed by atoms with Gasteiger partial charge in [0.1, 0.15) is 11.3 Å². The minimum atomic E-state index is -0.00206. The van der Waals surface area contributed by atoms with Crippen LogP contribution < -0.4 is 15.8 Å². The molecule has 4 heterocycles. The molecule has 2 aliphatic carbocycles. The van der Waals surface area contributed by atoms with Crippen LogP contribution in [0.2, 0.25) is 0 Å². The second kappa shape index (κ2) is 9.68. The van der Waals surface area contributed by atoms with E-state index in [0.29, 0.717) is 29.7 Å². The van der Waals surface area contributed by atoms with Crippen LogP contribution in [0.4, 0.5) is 0 Å². The highest BCUT2D eigenvalue weighted by molar-refractivity contribution is 6.01. The van der Waals surface area contributed by atoms with Crippen molar-refractivity contribution >= 4 is 33.8 Å². The maximum atomic E-state index is 13.7. The van der Waals surface area contributed by atoms with Crippen molar-refractivity contribution in [2.24, 2.45) is 24.6 Å². The summed E-state index contributed by atoms with van der Waals surface area (Å²) in [5, 5.41) is 4.08. The number of hydrogen-bond acceptors (Lipinski definition) is 5. The molecular weight excluding hydrogens is 564 g/mol. The predicted molar refractivity (Wildman–Crippen MR) is 173 cm³/mol. The van der Waals surface area contributed by atoms with Gasteiger partial charge in [-0.05, 0) is 90.6 Å². The standard InChI is InChI=1S/C36H36N6O3/c1-40-33-27(12-24(15-31(33)45-2)36(44)42-18-23-8-10-28(42)32(23)37)39-34(40)30-14-22-6-5-21(13-29(22)41(30)17-19-3-4-19)20-7-9-26-25(11-20)16-38-35(26)43/h5-7,9,11-15,19,23,28,32H,3-4,8,10,16-18,37H2,1-2H3,(H,38,43). The molecule has 5 aromatic rings. The molecule has 9 nitrogen and oxygen atoms in total. The molecule has 1 saturated heterocycles. The number of carbonyl (C=O) groups excluding carboxylic acids is 2. The second-order valence-electron chi connectivity index (χ2n) is 13.4. The Hall–Kier alpha value is -4.63. The summed E-state index contributed by atoms with van der Waals surface area (Å²) >= 11 is 0.